The van der Waals surface area contributed by atoms with Gasteiger partial charge in [-0.2, -0.15) is 0 Å². The van der Waals surface area contributed by atoms with Crippen molar-refractivity contribution in [3.8, 4) is 0 Å². The zero-order chi connectivity index (χ0) is 13.8. The summed E-state index contributed by atoms with van der Waals surface area (Å²) in [6.45, 7) is 6.29. The van der Waals surface area contributed by atoms with Crippen LogP contribution in [-0.2, 0) is 0 Å². The number of hydrogen-bond donors (Lipinski definition) is 1. The van der Waals surface area contributed by atoms with Gasteiger partial charge in [0.2, 0.25) is 0 Å². The molecule has 2 aromatic carbocycles. The summed E-state index contributed by atoms with van der Waals surface area (Å²) in [5, 5.41) is 2.91. The first kappa shape index (κ1) is 13.3. The summed E-state index contributed by atoms with van der Waals surface area (Å²) >= 11 is 0. The quantitative estimate of drug-likeness (QED) is 0.864. The Morgan fingerprint density at radius 2 is 1.74 bits per heavy atom. The van der Waals surface area contributed by atoms with Gasteiger partial charge in [-0.25, -0.2) is 0 Å². The molecule has 98 valence electrons. The Balaban J connectivity index is 2.11. The molecule has 0 bridgehead atoms. The van der Waals surface area contributed by atoms with Crippen LogP contribution < -0.4 is 5.32 Å². The summed E-state index contributed by atoms with van der Waals surface area (Å²) < 4.78 is 0. The number of carbonyl (C=O) groups excluding carboxylic acids is 1. The number of rotatable bonds is 3. The maximum atomic E-state index is 12.1. The average Bonchev–Trinajstić information content (AvgIpc) is 2.39. The highest BCUT2D eigenvalue weighted by molar-refractivity contribution is 6.04. The van der Waals surface area contributed by atoms with Crippen LogP contribution in [0.1, 0.15) is 41.3 Å². The van der Waals surface area contributed by atoms with Gasteiger partial charge in [0.05, 0.1) is 0 Å². The Kier molecular flexibility index (Phi) is 4.00. The van der Waals surface area contributed by atoms with E-state index in [4.69, 9.17) is 0 Å². The van der Waals surface area contributed by atoms with Gasteiger partial charge in [0.25, 0.3) is 5.91 Å². The zero-order valence-electron chi connectivity index (χ0n) is 11.6. The number of nitrogens with one attached hydrogen (secondary N) is 1. The van der Waals surface area contributed by atoms with Crippen molar-refractivity contribution in [1.82, 2.24) is 0 Å². The number of hydrogen-bond acceptors (Lipinski definition) is 1. The molecule has 0 radical (unpaired) electrons. The predicted octanol–water partition coefficient (Wildman–Crippen LogP) is 4.37. The molecule has 2 aromatic rings. The molecule has 0 saturated carbocycles. The minimum absolute atomic E-state index is 0.0686. The van der Waals surface area contributed by atoms with Gasteiger partial charge in [0.1, 0.15) is 0 Å². The molecular formula is C17H19NO. The lowest BCUT2D eigenvalue weighted by atomic mass is 10.0. The van der Waals surface area contributed by atoms with E-state index in [9.17, 15) is 4.79 Å². The summed E-state index contributed by atoms with van der Waals surface area (Å²) in [6, 6.07) is 15.6. The molecule has 0 aliphatic rings. The minimum atomic E-state index is -0.0686. The molecule has 0 saturated heterocycles. The lowest BCUT2D eigenvalue weighted by molar-refractivity contribution is 0.102. The smallest absolute Gasteiger partial charge is 0.255 e. The highest BCUT2D eigenvalue weighted by atomic mass is 16.1. The average molecular weight is 253 g/mol. The molecule has 0 atom stereocenters. The van der Waals surface area contributed by atoms with Crippen molar-refractivity contribution in [3.63, 3.8) is 0 Å². The van der Waals surface area contributed by atoms with Crippen molar-refractivity contribution >= 4 is 11.6 Å². The fraction of sp³-hybridized carbons (Fsp3) is 0.235. The molecule has 0 aromatic heterocycles. The third-order valence-corrected chi connectivity index (χ3v) is 3.12. The van der Waals surface area contributed by atoms with E-state index >= 15 is 0 Å². The lowest BCUT2D eigenvalue weighted by Crippen LogP contribution is -2.11. The van der Waals surface area contributed by atoms with E-state index < -0.39 is 0 Å². The number of carbonyl (C=O) groups is 1. The molecular weight excluding hydrogens is 234 g/mol. The second-order valence-electron chi connectivity index (χ2n) is 5.10. The van der Waals surface area contributed by atoms with E-state index in [1.54, 1.807) is 0 Å². The summed E-state index contributed by atoms with van der Waals surface area (Å²) in [4.78, 5) is 12.1. The number of aryl methyl sites for hydroxylation is 1. The Morgan fingerprint density at radius 3 is 2.32 bits per heavy atom. The largest absolute Gasteiger partial charge is 0.322 e. The molecule has 1 amide bonds. The molecule has 0 aliphatic carbocycles. The van der Waals surface area contributed by atoms with E-state index in [2.05, 4.69) is 19.2 Å². The predicted molar refractivity (Wildman–Crippen MR) is 79.7 cm³/mol. The van der Waals surface area contributed by atoms with Crippen LogP contribution in [0.2, 0.25) is 0 Å². The van der Waals surface area contributed by atoms with Gasteiger partial charge in [0.15, 0.2) is 0 Å². The van der Waals surface area contributed by atoms with E-state index in [0.29, 0.717) is 11.5 Å². The second-order valence-corrected chi connectivity index (χ2v) is 5.10. The summed E-state index contributed by atoms with van der Waals surface area (Å²) in [5.41, 5.74) is 3.89. The first-order valence-electron chi connectivity index (χ1n) is 6.54. The highest BCUT2D eigenvalue weighted by Gasteiger charge is 2.07. The molecule has 2 heteroatoms. The molecule has 0 unspecified atom stereocenters. The molecule has 0 spiro atoms. The van der Waals surface area contributed by atoms with Crippen LogP contribution in [0.5, 0.6) is 0 Å². The maximum Gasteiger partial charge on any atom is 0.255 e. The summed E-state index contributed by atoms with van der Waals surface area (Å²) in [5.74, 6) is 0.412. The monoisotopic (exact) mass is 253 g/mol. The molecule has 0 heterocycles. The lowest BCUT2D eigenvalue weighted by Gasteiger charge is -2.08. The van der Waals surface area contributed by atoms with Crippen molar-refractivity contribution in [1.29, 1.82) is 0 Å². The van der Waals surface area contributed by atoms with Crippen LogP contribution in [0.25, 0.3) is 0 Å². The van der Waals surface area contributed by atoms with Crippen LogP contribution in [0.3, 0.4) is 0 Å². The van der Waals surface area contributed by atoms with Crippen molar-refractivity contribution in [2.75, 3.05) is 5.32 Å². The van der Waals surface area contributed by atoms with Gasteiger partial charge in [0, 0.05) is 11.3 Å². The third-order valence-electron chi connectivity index (χ3n) is 3.12. The molecule has 0 fully saturated rings. The van der Waals surface area contributed by atoms with Crippen molar-refractivity contribution in [2.45, 2.75) is 26.7 Å². The SMILES string of the molecule is Cc1cccc(NC(=O)c2ccc(C(C)C)cc2)c1. The van der Waals surface area contributed by atoms with Crippen LogP contribution in [-0.4, -0.2) is 5.91 Å². The Morgan fingerprint density at radius 1 is 1.05 bits per heavy atom. The summed E-state index contributed by atoms with van der Waals surface area (Å²) in [6.07, 6.45) is 0. The molecule has 0 aliphatic heterocycles. The highest BCUT2D eigenvalue weighted by Crippen LogP contribution is 2.16. The first-order valence-corrected chi connectivity index (χ1v) is 6.54. The second kappa shape index (κ2) is 5.70. The fourth-order valence-corrected chi connectivity index (χ4v) is 1.95. The van der Waals surface area contributed by atoms with Crippen molar-refractivity contribution in [3.05, 3.63) is 65.2 Å². The number of anilines is 1. The normalized spacial score (nSPS) is 10.5. The first-order chi connectivity index (χ1) is 9.06. The maximum absolute atomic E-state index is 12.1. The van der Waals surface area contributed by atoms with Gasteiger partial charge in [-0.15, -0.1) is 0 Å². The van der Waals surface area contributed by atoms with Gasteiger partial charge in [-0.3, -0.25) is 4.79 Å². The van der Waals surface area contributed by atoms with Crippen LogP contribution in [0, 0.1) is 6.92 Å². The number of benzene rings is 2. The van der Waals surface area contributed by atoms with Crippen molar-refractivity contribution in [2.24, 2.45) is 0 Å². The minimum Gasteiger partial charge on any atom is -0.322 e. The van der Waals surface area contributed by atoms with E-state index in [1.807, 2.05) is 55.5 Å². The van der Waals surface area contributed by atoms with Crippen LogP contribution in [0.4, 0.5) is 5.69 Å². The van der Waals surface area contributed by atoms with Crippen LogP contribution >= 0.6 is 0 Å². The standard InChI is InChI=1S/C17H19NO/c1-12(2)14-7-9-15(10-8-14)17(19)18-16-6-4-5-13(3)11-16/h4-12H,1-3H3,(H,18,19). The van der Waals surface area contributed by atoms with Gasteiger partial charge in [-0.1, -0.05) is 38.1 Å². The van der Waals surface area contributed by atoms with E-state index in [1.165, 1.54) is 5.56 Å². The molecule has 1 N–H and O–H groups in total. The van der Waals surface area contributed by atoms with E-state index in [0.717, 1.165) is 11.3 Å². The van der Waals surface area contributed by atoms with Gasteiger partial charge < -0.3 is 5.32 Å². The Bertz CT molecular complexity index is 570. The Hall–Kier alpha value is -2.09. The third kappa shape index (κ3) is 3.44. The molecule has 19 heavy (non-hydrogen) atoms. The Labute approximate surface area is 114 Å². The topological polar surface area (TPSA) is 29.1 Å². The van der Waals surface area contributed by atoms with Gasteiger partial charge in [-0.05, 0) is 48.2 Å². The number of amides is 1. The van der Waals surface area contributed by atoms with Crippen LogP contribution in [0.15, 0.2) is 48.5 Å². The zero-order valence-corrected chi connectivity index (χ0v) is 11.6. The summed E-state index contributed by atoms with van der Waals surface area (Å²) in [7, 11) is 0. The van der Waals surface area contributed by atoms with Crippen molar-refractivity contribution < 1.29 is 4.79 Å². The molecule has 2 rings (SSSR count). The fourth-order valence-electron chi connectivity index (χ4n) is 1.95. The van der Waals surface area contributed by atoms with E-state index in [-0.39, 0.29) is 5.91 Å². The van der Waals surface area contributed by atoms with Gasteiger partial charge >= 0.3 is 0 Å². The molecule has 2 nitrogen and oxygen atoms in total.